The summed E-state index contributed by atoms with van der Waals surface area (Å²) in [6, 6.07) is 7.72. The number of hydrogen-bond donors (Lipinski definition) is 1. The summed E-state index contributed by atoms with van der Waals surface area (Å²) in [5.41, 5.74) is 1.04. The number of rotatable bonds is 8. The van der Waals surface area contributed by atoms with E-state index in [4.69, 9.17) is 14.5 Å². The molecule has 1 heterocycles. The Hall–Kier alpha value is -2.28. The van der Waals surface area contributed by atoms with Crippen molar-refractivity contribution in [3.63, 3.8) is 0 Å². The maximum atomic E-state index is 11.7. The van der Waals surface area contributed by atoms with Gasteiger partial charge in [0.25, 0.3) is 5.91 Å². The van der Waals surface area contributed by atoms with Gasteiger partial charge in [-0.2, -0.15) is 0 Å². The van der Waals surface area contributed by atoms with Gasteiger partial charge in [-0.3, -0.25) is 4.79 Å². The fraction of sp³-hybridized carbons (Fsp3) is 0.600. The van der Waals surface area contributed by atoms with Crippen LogP contribution in [0.25, 0.3) is 0 Å². The van der Waals surface area contributed by atoms with Gasteiger partial charge in [-0.1, -0.05) is 12.1 Å². The molecular formula is C20H32N4O3. The molecule has 1 unspecified atom stereocenters. The van der Waals surface area contributed by atoms with E-state index >= 15 is 0 Å². The summed E-state index contributed by atoms with van der Waals surface area (Å²) >= 11 is 0. The minimum absolute atomic E-state index is 0.0363. The number of likely N-dealkylation sites (N-methyl/N-ethyl adjacent to an activating group) is 1. The summed E-state index contributed by atoms with van der Waals surface area (Å²) < 4.78 is 11.0. The molecule has 1 aromatic rings. The van der Waals surface area contributed by atoms with Crippen molar-refractivity contribution in [2.24, 2.45) is 10.9 Å². The largest absolute Gasteiger partial charge is 0.484 e. The SMILES string of the molecule is CCNC(=NCc1cccc(OCC(=O)N(C)C)c1)N(C)CC1CCOC1. The Kier molecular flexibility index (Phi) is 8.39. The molecule has 1 aromatic carbocycles. The third-order valence-corrected chi connectivity index (χ3v) is 4.42. The van der Waals surface area contributed by atoms with Crippen molar-refractivity contribution < 1.29 is 14.3 Å². The molecule has 1 N–H and O–H groups in total. The third-order valence-electron chi connectivity index (χ3n) is 4.42. The van der Waals surface area contributed by atoms with Crippen molar-refractivity contribution in [2.75, 3.05) is 54.1 Å². The Morgan fingerprint density at radius 1 is 1.37 bits per heavy atom. The van der Waals surface area contributed by atoms with Crippen LogP contribution in [0.2, 0.25) is 0 Å². The van der Waals surface area contributed by atoms with E-state index in [-0.39, 0.29) is 12.5 Å². The molecule has 27 heavy (non-hydrogen) atoms. The van der Waals surface area contributed by atoms with Crippen LogP contribution in [0.3, 0.4) is 0 Å². The van der Waals surface area contributed by atoms with Gasteiger partial charge in [0.15, 0.2) is 12.6 Å². The zero-order chi connectivity index (χ0) is 19.6. The number of nitrogens with one attached hydrogen (secondary N) is 1. The van der Waals surface area contributed by atoms with E-state index in [9.17, 15) is 4.79 Å². The van der Waals surface area contributed by atoms with Crippen molar-refractivity contribution >= 4 is 11.9 Å². The van der Waals surface area contributed by atoms with Crippen LogP contribution in [0.5, 0.6) is 5.75 Å². The summed E-state index contributed by atoms with van der Waals surface area (Å²) in [5.74, 6) is 2.06. The van der Waals surface area contributed by atoms with Gasteiger partial charge in [0, 0.05) is 46.8 Å². The summed E-state index contributed by atoms with van der Waals surface area (Å²) in [6.07, 6.45) is 1.11. The number of nitrogens with zero attached hydrogens (tertiary/aromatic N) is 3. The Morgan fingerprint density at radius 2 is 2.19 bits per heavy atom. The predicted molar refractivity (Wildman–Crippen MR) is 107 cm³/mol. The molecular weight excluding hydrogens is 344 g/mol. The standard InChI is InChI=1S/C20H32N4O3/c1-5-21-20(24(4)13-17-9-10-26-14-17)22-12-16-7-6-8-18(11-16)27-15-19(25)23(2)3/h6-8,11,17H,5,9-10,12-15H2,1-4H3,(H,21,22). The van der Waals surface area contributed by atoms with Crippen molar-refractivity contribution in [3.8, 4) is 5.75 Å². The van der Waals surface area contributed by atoms with E-state index in [1.54, 1.807) is 14.1 Å². The van der Waals surface area contributed by atoms with Crippen molar-refractivity contribution in [1.82, 2.24) is 15.1 Å². The molecule has 150 valence electrons. The first-order valence-corrected chi connectivity index (χ1v) is 9.48. The van der Waals surface area contributed by atoms with Crippen LogP contribution < -0.4 is 10.1 Å². The van der Waals surface area contributed by atoms with Gasteiger partial charge in [0.1, 0.15) is 5.75 Å². The smallest absolute Gasteiger partial charge is 0.259 e. The van der Waals surface area contributed by atoms with Crippen molar-refractivity contribution in [1.29, 1.82) is 0 Å². The van der Waals surface area contributed by atoms with E-state index in [2.05, 4.69) is 24.2 Å². The van der Waals surface area contributed by atoms with Gasteiger partial charge in [0.2, 0.25) is 0 Å². The monoisotopic (exact) mass is 376 g/mol. The average Bonchev–Trinajstić information content (AvgIpc) is 3.16. The van der Waals surface area contributed by atoms with E-state index in [1.165, 1.54) is 4.90 Å². The van der Waals surface area contributed by atoms with Crippen LogP contribution in [0, 0.1) is 5.92 Å². The molecule has 1 fully saturated rings. The molecule has 0 aromatic heterocycles. The van der Waals surface area contributed by atoms with Gasteiger partial charge in [0.05, 0.1) is 13.2 Å². The van der Waals surface area contributed by atoms with Gasteiger partial charge < -0.3 is 24.6 Å². The van der Waals surface area contributed by atoms with E-state index in [1.807, 2.05) is 24.3 Å². The summed E-state index contributed by atoms with van der Waals surface area (Å²) in [7, 11) is 5.49. The highest BCUT2D eigenvalue weighted by molar-refractivity contribution is 5.79. The number of ether oxygens (including phenoxy) is 2. The lowest BCUT2D eigenvalue weighted by Gasteiger charge is -2.24. The second-order valence-electron chi connectivity index (χ2n) is 7.00. The number of carbonyl (C=O) groups excluding carboxylic acids is 1. The van der Waals surface area contributed by atoms with Crippen LogP contribution in [-0.4, -0.2) is 75.7 Å². The van der Waals surface area contributed by atoms with Crippen LogP contribution >= 0.6 is 0 Å². The molecule has 1 atom stereocenters. The maximum absolute atomic E-state index is 11.7. The molecule has 0 spiro atoms. The third kappa shape index (κ3) is 7.09. The second-order valence-corrected chi connectivity index (χ2v) is 7.00. The van der Waals surface area contributed by atoms with E-state index in [0.29, 0.717) is 18.2 Å². The predicted octanol–water partition coefficient (Wildman–Crippen LogP) is 1.59. The lowest BCUT2D eigenvalue weighted by Crippen LogP contribution is -2.41. The Morgan fingerprint density at radius 3 is 2.85 bits per heavy atom. The van der Waals surface area contributed by atoms with Gasteiger partial charge >= 0.3 is 0 Å². The fourth-order valence-electron chi connectivity index (χ4n) is 2.84. The lowest BCUT2D eigenvalue weighted by atomic mass is 10.1. The topological polar surface area (TPSA) is 66.4 Å². The molecule has 1 saturated heterocycles. The number of amides is 1. The number of aliphatic imine (C=N–C) groups is 1. The van der Waals surface area contributed by atoms with Gasteiger partial charge in [-0.05, 0) is 31.0 Å². The van der Waals surface area contributed by atoms with Crippen LogP contribution in [-0.2, 0) is 16.1 Å². The van der Waals surface area contributed by atoms with Crippen LogP contribution in [0.1, 0.15) is 18.9 Å². The molecule has 1 amide bonds. The molecule has 0 bridgehead atoms. The average molecular weight is 377 g/mol. The molecule has 0 aliphatic carbocycles. The summed E-state index contributed by atoms with van der Waals surface area (Å²) in [6.45, 7) is 6.09. The molecule has 7 nitrogen and oxygen atoms in total. The number of carbonyl (C=O) groups is 1. The fourth-order valence-corrected chi connectivity index (χ4v) is 2.84. The number of benzene rings is 1. The zero-order valence-corrected chi connectivity index (χ0v) is 16.9. The Balaban J connectivity index is 1.95. The molecule has 1 aliphatic rings. The molecule has 1 aliphatic heterocycles. The first-order chi connectivity index (χ1) is 13.0. The number of guanidine groups is 1. The minimum atomic E-state index is -0.0645. The maximum Gasteiger partial charge on any atom is 0.259 e. The van der Waals surface area contributed by atoms with Crippen molar-refractivity contribution in [3.05, 3.63) is 29.8 Å². The second kappa shape index (κ2) is 10.8. The first-order valence-electron chi connectivity index (χ1n) is 9.48. The van der Waals surface area contributed by atoms with E-state index in [0.717, 1.165) is 44.2 Å². The number of hydrogen-bond acceptors (Lipinski definition) is 4. The van der Waals surface area contributed by atoms with Gasteiger partial charge in [-0.25, -0.2) is 4.99 Å². The van der Waals surface area contributed by atoms with Gasteiger partial charge in [-0.15, -0.1) is 0 Å². The molecule has 0 saturated carbocycles. The first kappa shape index (κ1) is 21.0. The summed E-state index contributed by atoms with van der Waals surface area (Å²) in [5, 5.41) is 3.35. The quantitative estimate of drug-likeness (QED) is 0.551. The highest BCUT2D eigenvalue weighted by atomic mass is 16.5. The zero-order valence-electron chi connectivity index (χ0n) is 16.9. The molecule has 2 rings (SSSR count). The van der Waals surface area contributed by atoms with Crippen molar-refractivity contribution in [2.45, 2.75) is 19.9 Å². The summed E-state index contributed by atoms with van der Waals surface area (Å²) in [4.78, 5) is 20.1. The highest BCUT2D eigenvalue weighted by Gasteiger charge is 2.19. The lowest BCUT2D eigenvalue weighted by molar-refractivity contribution is -0.130. The normalized spacial score (nSPS) is 16.9. The van der Waals surface area contributed by atoms with E-state index < -0.39 is 0 Å². The highest BCUT2D eigenvalue weighted by Crippen LogP contribution is 2.15. The molecule has 7 heteroatoms. The van der Waals surface area contributed by atoms with Crippen LogP contribution in [0.4, 0.5) is 0 Å². The minimum Gasteiger partial charge on any atom is -0.484 e. The van der Waals surface area contributed by atoms with Crippen LogP contribution in [0.15, 0.2) is 29.3 Å². The Labute approximate surface area is 162 Å². The Bertz CT molecular complexity index is 627. The molecule has 0 radical (unpaired) electrons.